The fourth-order valence-electron chi connectivity index (χ4n) is 7.89. The van der Waals surface area contributed by atoms with Gasteiger partial charge in [-0.1, -0.05) is 35.9 Å². The number of alkyl halides is 1. The maximum absolute atomic E-state index is 13.3. The molecule has 0 aromatic rings. The van der Waals surface area contributed by atoms with Crippen molar-refractivity contribution in [3.63, 3.8) is 0 Å². The molecule has 0 saturated heterocycles. The lowest BCUT2D eigenvalue weighted by Gasteiger charge is -2.63. The van der Waals surface area contributed by atoms with Crippen molar-refractivity contribution in [2.24, 2.45) is 28.1 Å². The Balaban J connectivity index is 1.61. The Hall–Kier alpha value is -0.680. The summed E-state index contributed by atoms with van der Waals surface area (Å²) >= 11 is 3.42. The smallest absolute Gasteiger partial charge is 0.312 e. The molecule has 6 atom stereocenters. The predicted molar refractivity (Wildman–Crippen MR) is 116 cm³/mol. The van der Waals surface area contributed by atoms with Crippen LogP contribution in [-0.2, 0) is 14.3 Å². The Bertz CT molecular complexity index is 734. The molecule has 4 nitrogen and oxygen atoms in total. The van der Waals surface area contributed by atoms with Crippen LogP contribution in [0.1, 0.15) is 78.1 Å². The number of carbonyl (C=O) groups is 2. The number of aliphatic hydroxyl groups is 1. The number of unbranched alkanes of at least 4 members (excludes halogenated alkanes) is 1. The molecule has 2 bridgehead atoms. The number of ketones is 1. The van der Waals surface area contributed by atoms with Gasteiger partial charge in [0.15, 0.2) is 5.78 Å². The first-order valence-corrected chi connectivity index (χ1v) is 12.5. The van der Waals surface area contributed by atoms with Gasteiger partial charge in [-0.15, -0.1) is 0 Å². The second kappa shape index (κ2) is 7.19. The second-order valence-corrected chi connectivity index (χ2v) is 11.5. The van der Waals surface area contributed by atoms with Gasteiger partial charge in [-0.05, 0) is 82.0 Å². The van der Waals surface area contributed by atoms with E-state index in [2.05, 4.69) is 36.4 Å². The number of rotatable bonds is 5. The molecule has 0 amide bonds. The molecule has 162 valence electrons. The number of carbonyl (C=O) groups excluding carboxylic acids is 2. The van der Waals surface area contributed by atoms with Crippen LogP contribution in [0.3, 0.4) is 0 Å². The van der Waals surface area contributed by atoms with Crippen molar-refractivity contribution in [3.05, 3.63) is 12.2 Å². The summed E-state index contributed by atoms with van der Waals surface area (Å²) in [7, 11) is 0. The molecular formula is C24H35BrO4. The van der Waals surface area contributed by atoms with Crippen molar-refractivity contribution in [1.82, 2.24) is 0 Å². The molecule has 1 N–H and O–H groups in total. The van der Waals surface area contributed by atoms with Crippen molar-refractivity contribution in [3.8, 4) is 0 Å². The summed E-state index contributed by atoms with van der Waals surface area (Å²) in [6.45, 7) is 8.90. The molecule has 4 rings (SSSR count). The average molecular weight is 467 g/mol. The van der Waals surface area contributed by atoms with Gasteiger partial charge in [0.1, 0.15) is 0 Å². The molecule has 4 saturated carbocycles. The van der Waals surface area contributed by atoms with E-state index in [9.17, 15) is 14.7 Å². The summed E-state index contributed by atoms with van der Waals surface area (Å²) in [4.78, 5) is 26.5. The van der Waals surface area contributed by atoms with Crippen molar-refractivity contribution in [2.75, 3.05) is 11.9 Å². The minimum Gasteiger partial charge on any atom is -0.465 e. The van der Waals surface area contributed by atoms with Gasteiger partial charge in [0.25, 0.3) is 0 Å². The maximum Gasteiger partial charge on any atom is 0.312 e. The Morgan fingerprint density at radius 3 is 2.62 bits per heavy atom. The zero-order chi connectivity index (χ0) is 21.1. The summed E-state index contributed by atoms with van der Waals surface area (Å²) in [6.07, 6.45) is 8.44. The van der Waals surface area contributed by atoms with Crippen LogP contribution >= 0.6 is 15.9 Å². The predicted octanol–water partition coefficient (Wildman–Crippen LogP) is 4.97. The lowest BCUT2D eigenvalue weighted by Crippen LogP contribution is -2.60. The van der Waals surface area contributed by atoms with Gasteiger partial charge >= 0.3 is 5.97 Å². The normalized spacial score (nSPS) is 46.2. The highest BCUT2D eigenvalue weighted by atomic mass is 79.9. The zero-order valence-corrected chi connectivity index (χ0v) is 19.5. The molecule has 5 heteroatoms. The number of hydrogen-bond acceptors (Lipinski definition) is 4. The van der Waals surface area contributed by atoms with E-state index < -0.39 is 16.4 Å². The van der Waals surface area contributed by atoms with Crippen LogP contribution in [0.2, 0.25) is 0 Å². The third kappa shape index (κ3) is 2.93. The van der Waals surface area contributed by atoms with Gasteiger partial charge in [0, 0.05) is 16.3 Å². The minimum atomic E-state index is -0.997. The Kier molecular flexibility index (Phi) is 5.34. The minimum absolute atomic E-state index is 0.0478. The summed E-state index contributed by atoms with van der Waals surface area (Å²) in [5, 5.41) is 11.9. The topological polar surface area (TPSA) is 63.6 Å². The highest BCUT2D eigenvalue weighted by molar-refractivity contribution is 9.09. The van der Waals surface area contributed by atoms with E-state index in [0.717, 1.165) is 56.7 Å². The third-order valence-electron chi connectivity index (χ3n) is 9.29. The standard InChI is InChI=1S/C24H35BrO4/c1-16-19(26)23-11-7-17-21(2,18(23)8-12-24(16,28)15-23)9-6-10-22(17,3)20(27)29-14-5-4-13-25/h17-18,28H,1,4-15H2,2-3H3/t17-,18-,21+,22+,23+,24+/m0/s1. The Morgan fingerprint density at radius 1 is 1.17 bits per heavy atom. The van der Waals surface area contributed by atoms with Crippen LogP contribution in [0.15, 0.2) is 12.2 Å². The molecular weight excluding hydrogens is 432 g/mol. The molecule has 0 radical (unpaired) electrons. The molecule has 29 heavy (non-hydrogen) atoms. The van der Waals surface area contributed by atoms with Crippen molar-refractivity contribution in [1.29, 1.82) is 0 Å². The Morgan fingerprint density at radius 2 is 1.90 bits per heavy atom. The Labute approximate surface area is 183 Å². The lowest BCUT2D eigenvalue weighted by atomic mass is 9.40. The van der Waals surface area contributed by atoms with E-state index in [1.807, 2.05) is 0 Å². The highest BCUT2D eigenvalue weighted by Gasteiger charge is 2.71. The summed E-state index contributed by atoms with van der Waals surface area (Å²) < 4.78 is 5.75. The van der Waals surface area contributed by atoms with Crippen molar-refractivity contribution >= 4 is 27.7 Å². The molecule has 0 aromatic heterocycles. The quantitative estimate of drug-likeness (QED) is 0.269. The molecule has 0 unspecified atom stereocenters. The number of esters is 1. The SMILES string of the molecule is C=C1C(=O)[C@@]23CC[C@H]4[C@@](C)(CCC[C@@]4(C)C(=O)OCCCCBr)[C@@H]2CC[C@@]1(O)C3. The van der Waals surface area contributed by atoms with Gasteiger partial charge in [-0.2, -0.15) is 0 Å². The molecule has 0 aliphatic heterocycles. The van der Waals surface area contributed by atoms with Crippen LogP contribution in [0.25, 0.3) is 0 Å². The van der Waals surface area contributed by atoms with E-state index in [4.69, 9.17) is 4.74 Å². The van der Waals surface area contributed by atoms with E-state index in [-0.39, 0.29) is 29.0 Å². The fourth-order valence-corrected chi connectivity index (χ4v) is 8.28. The monoisotopic (exact) mass is 466 g/mol. The van der Waals surface area contributed by atoms with E-state index >= 15 is 0 Å². The van der Waals surface area contributed by atoms with E-state index in [1.54, 1.807) is 0 Å². The number of ether oxygens (including phenoxy) is 1. The first-order valence-electron chi connectivity index (χ1n) is 11.3. The maximum atomic E-state index is 13.3. The summed E-state index contributed by atoms with van der Waals surface area (Å²) in [5.74, 6) is 0.512. The van der Waals surface area contributed by atoms with Crippen LogP contribution in [0.4, 0.5) is 0 Å². The van der Waals surface area contributed by atoms with Crippen LogP contribution < -0.4 is 0 Å². The number of Topliss-reactive ketones (excluding diaryl/α,β-unsaturated/α-hetero) is 1. The average Bonchev–Trinajstić information content (AvgIpc) is 2.81. The number of halogens is 1. The van der Waals surface area contributed by atoms with Gasteiger partial charge in [-0.3, -0.25) is 9.59 Å². The zero-order valence-electron chi connectivity index (χ0n) is 17.9. The lowest BCUT2D eigenvalue weighted by molar-refractivity contribution is -0.191. The molecule has 4 fully saturated rings. The summed E-state index contributed by atoms with van der Waals surface area (Å²) in [5.41, 5.74) is -1.57. The first kappa shape index (κ1) is 21.5. The third-order valence-corrected chi connectivity index (χ3v) is 9.85. The van der Waals surface area contributed by atoms with Crippen molar-refractivity contribution < 1.29 is 19.4 Å². The van der Waals surface area contributed by atoms with Gasteiger partial charge in [0.2, 0.25) is 0 Å². The fraction of sp³-hybridized carbons (Fsp3) is 0.833. The molecule has 0 aromatic carbocycles. The summed E-state index contributed by atoms with van der Waals surface area (Å²) in [6, 6.07) is 0. The molecule has 0 heterocycles. The van der Waals surface area contributed by atoms with Crippen LogP contribution in [0, 0.1) is 28.1 Å². The van der Waals surface area contributed by atoms with Gasteiger partial charge in [-0.25, -0.2) is 0 Å². The molecule has 1 spiro atoms. The van der Waals surface area contributed by atoms with Gasteiger partial charge in [0.05, 0.1) is 17.6 Å². The molecule has 4 aliphatic carbocycles. The van der Waals surface area contributed by atoms with Gasteiger partial charge < -0.3 is 9.84 Å². The first-order chi connectivity index (χ1) is 13.6. The van der Waals surface area contributed by atoms with E-state index in [0.29, 0.717) is 25.0 Å². The van der Waals surface area contributed by atoms with Crippen LogP contribution in [-0.4, -0.2) is 34.4 Å². The number of fused-ring (bicyclic) bond motifs is 3. The van der Waals surface area contributed by atoms with Crippen LogP contribution in [0.5, 0.6) is 0 Å². The van der Waals surface area contributed by atoms with Crippen molar-refractivity contribution in [2.45, 2.75) is 83.7 Å². The highest BCUT2D eigenvalue weighted by Crippen LogP contribution is 2.71. The van der Waals surface area contributed by atoms with E-state index in [1.165, 1.54) is 0 Å². The molecule has 4 aliphatic rings. The second-order valence-electron chi connectivity index (χ2n) is 10.7. The number of hydrogen-bond donors (Lipinski definition) is 1. The largest absolute Gasteiger partial charge is 0.465 e.